The fourth-order valence-electron chi connectivity index (χ4n) is 2.59. The predicted molar refractivity (Wildman–Crippen MR) is 107 cm³/mol. The van der Waals surface area contributed by atoms with Crippen LogP contribution in [0.3, 0.4) is 0 Å². The lowest BCUT2D eigenvalue weighted by molar-refractivity contribution is -0.127. The zero-order chi connectivity index (χ0) is 18.5. The van der Waals surface area contributed by atoms with E-state index >= 15 is 0 Å². The minimum atomic E-state index is 0.0543. The highest BCUT2D eigenvalue weighted by molar-refractivity contribution is 8.00. The number of nitrogens with zero attached hydrogens (tertiary/aromatic N) is 3. The van der Waals surface area contributed by atoms with Gasteiger partial charge in [-0.15, -0.1) is 11.3 Å². The smallest absolute Gasteiger partial charge is 0.233 e. The number of rotatable bonds is 7. The fourth-order valence-corrected chi connectivity index (χ4v) is 4.50. The van der Waals surface area contributed by atoms with Crippen molar-refractivity contribution in [2.24, 2.45) is 0 Å². The zero-order valence-electron chi connectivity index (χ0n) is 15.1. The van der Waals surface area contributed by atoms with Gasteiger partial charge in [-0.05, 0) is 18.6 Å². The van der Waals surface area contributed by atoms with Crippen LogP contribution in [0.5, 0.6) is 5.75 Å². The SMILES string of the molecule is CCc1cc2c(SCC(=O)N(C)Cc3ccccc3OC)ncnc2s1. The maximum Gasteiger partial charge on any atom is 0.233 e. The highest BCUT2D eigenvalue weighted by Crippen LogP contribution is 2.31. The Morgan fingerprint density at radius 3 is 2.88 bits per heavy atom. The highest BCUT2D eigenvalue weighted by Gasteiger charge is 2.15. The molecular weight excluding hydrogens is 366 g/mol. The molecule has 0 bridgehead atoms. The van der Waals surface area contributed by atoms with Crippen molar-refractivity contribution in [3.05, 3.63) is 47.1 Å². The first-order valence-corrected chi connectivity index (χ1v) is 10.1. The van der Waals surface area contributed by atoms with Gasteiger partial charge < -0.3 is 9.64 Å². The number of carbonyl (C=O) groups is 1. The van der Waals surface area contributed by atoms with Crippen LogP contribution in [0.15, 0.2) is 41.7 Å². The maximum absolute atomic E-state index is 12.5. The van der Waals surface area contributed by atoms with Crippen molar-refractivity contribution in [1.82, 2.24) is 14.9 Å². The molecular formula is C19H21N3O2S2. The normalized spacial score (nSPS) is 10.9. The van der Waals surface area contributed by atoms with Gasteiger partial charge in [-0.25, -0.2) is 9.97 Å². The minimum Gasteiger partial charge on any atom is -0.496 e. The second-order valence-corrected chi connectivity index (χ2v) is 7.89. The topological polar surface area (TPSA) is 55.3 Å². The number of thioether (sulfide) groups is 1. The van der Waals surface area contributed by atoms with E-state index in [2.05, 4.69) is 23.0 Å². The van der Waals surface area contributed by atoms with Gasteiger partial charge >= 0.3 is 0 Å². The molecule has 2 heterocycles. The van der Waals surface area contributed by atoms with E-state index in [-0.39, 0.29) is 5.91 Å². The van der Waals surface area contributed by atoms with Crippen LogP contribution >= 0.6 is 23.1 Å². The lowest BCUT2D eigenvalue weighted by Crippen LogP contribution is -2.28. The van der Waals surface area contributed by atoms with Gasteiger partial charge in [0, 0.05) is 29.4 Å². The Morgan fingerprint density at radius 2 is 2.12 bits per heavy atom. The van der Waals surface area contributed by atoms with Gasteiger partial charge in [-0.1, -0.05) is 36.9 Å². The van der Waals surface area contributed by atoms with E-state index in [9.17, 15) is 4.79 Å². The molecule has 0 atom stereocenters. The number of carbonyl (C=O) groups excluding carboxylic acids is 1. The summed E-state index contributed by atoms with van der Waals surface area (Å²) in [6, 6.07) is 9.88. The highest BCUT2D eigenvalue weighted by atomic mass is 32.2. The lowest BCUT2D eigenvalue weighted by Gasteiger charge is -2.18. The quantitative estimate of drug-likeness (QED) is 0.453. The van der Waals surface area contributed by atoms with Crippen LogP contribution in [0.1, 0.15) is 17.4 Å². The summed E-state index contributed by atoms with van der Waals surface area (Å²) in [5.74, 6) is 1.19. The van der Waals surface area contributed by atoms with Gasteiger partial charge in [0.05, 0.1) is 12.9 Å². The van der Waals surface area contributed by atoms with Gasteiger partial charge in [0.15, 0.2) is 0 Å². The molecule has 0 N–H and O–H groups in total. The van der Waals surface area contributed by atoms with Crippen LogP contribution in [0.25, 0.3) is 10.2 Å². The van der Waals surface area contributed by atoms with Crippen molar-refractivity contribution in [3.8, 4) is 5.75 Å². The summed E-state index contributed by atoms with van der Waals surface area (Å²) in [6.07, 6.45) is 2.55. The molecule has 1 amide bonds. The van der Waals surface area contributed by atoms with Gasteiger partial charge in [0.2, 0.25) is 5.91 Å². The van der Waals surface area contributed by atoms with E-state index in [1.165, 1.54) is 16.6 Å². The number of ether oxygens (including phenoxy) is 1. The van der Waals surface area contributed by atoms with Crippen LogP contribution < -0.4 is 4.74 Å². The van der Waals surface area contributed by atoms with Gasteiger partial charge in [0.1, 0.15) is 21.9 Å². The Hall–Kier alpha value is -2.12. The van der Waals surface area contributed by atoms with Crippen LogP contribution in [0, 0.1) is 0 Å². The number of para-hydroxylation sites is 1. The number of fused-ring (bicyclic) bond motifs is 1. The molecule has 1 aromatic carbocycles. The Labute approximate surface area is 161 Å². The van der Waals surface area contributed by atoms with Gasteiger partial charge in [-0.3, -0.25) is 4.79 Å². The fraction of sp³-hybridized carbons (Fsp3) is 0.316. The number of hydrogen-bond donors (Lipinski definition) is 0. The number of aromatic nitrogens is 2. The number of benzene rings is 1. The van der Waals surface area contributed by atoms with Crippen molar-refractivity contribution < 1.29 is 9.53 Å². The van der Waals surface area contributed by atoms with Crippen molar-refractivity contribution >= 4 is 39.2 Å². The summed E-state index contributed by atoms with van der Waals surface area (Å²) in [5.41, 5.74) is 0.991. The second-order valence-electron chi connectivity index (χ2n) is 5.81. The molecule has 136 valence electrons. The average molecular weight is 388 g/mol. The van der Waals surface area contributed by atoms with E-state index < -0.39 is 0 Å². The molecule has 0 aliphatic rings. The van der Waals surface area contributed by atoms with Crippen LogP contribution in [0.2, 0.25) is 0 Å². The van der Waals surface area contributed by atoms with E-state index in [0.29, 0.717) is 12.3 Å². The summed E-state index contributed by atoms with van der Waals surface area (Å²) < 4.78 is 5.36. The van der Waals surface area contributed by atoms with Gasteiger partial charge in [0.25, 0.3) is 0 Å². The molecule has 0 saturated carbocycles. The third-order valence-corrected chi connectivity index (χ3v) is 6.23. The van der Waals surface area contributed by atoms with Gasteiger partial charge in [-0.2, -0.15) is 0 Å². The first kappa shape index (κ1) is 18.7. The second kappa shape index (κ2) is 8.51. The first-order chi connectivity index (χ1) is 12.6. The molecule has 0 aliphatic heterocycles. The molecule has 3 aromatic rings. The molecule has 0 spiro atoms. The van der Waals surface area contributed by atoms with E-state index in [1.807, 2.05) is 31.3 Å². The third-order valence-electron chi connectivity index (χ3n) is 4.05. The monoisotopic (exact) mass is 387 g/mol. The van der Waals surface area contributed by atoms with Crippen molar-refractivity contribution in [2.45, 2.75) is 24.9 Å². The van der Waals surface area contributed by atoms with Crippen molar-refractivity contribution in [1.29, 1.82) is 0 Å². The number of aryl methyl sites for hydroxylation is 1. The van der Waals surface area contributed by atoms with Crippen LogP contribution in [-0.4, -0.2) is 40.7 Å². The molecule has 3 rings (SSSR count). The molecule has 0 fully saturated rings. The predicted octanol–water partition coefficient (Wildman–Crippen LogP) is 4.01. The summed E-state index contributed by atoms with van der Waals surface area (Å²) in [6.45, 7) is 2.64. The van der Waals surface area contributed by atoms with Crippen LogP contribution in [-0.2, 0) is 17.8 Å². The Kier molecular flexibility index (Phi) is 6.11. The summed E-state index contributed by atoms with van der Waals surface area (Å²) in [4.78, 5) is 25.2. The number of methoxy groups -OCH3 is 1. The molecule has 7 heteroatoms. The molecule has 5 nitrogen and oxygen atoms in total. The molecule has 2 aromatic heterocycles. The average Bonchev–Trinajstić information content (AvgIpc) is 3.10. The Morgan fingerprint density at radius 1 is 1.31 bits per heavy atom. The third kappa shape index (κ3) is 4.16. The molecule has 0 aliphatic carbocycles. The Balaban J connectivity index is 1.66. The summed E-state index contributed by atoms with van der Waals surface area (Å²) >= 11 is 3.15. The lowest BCUT2D eigenvalue weighted by atomic mass is 10.2. The largest absolute Gasteiger partial charge is 0.496 e. The summed E-state index contributed by atoms with van der Waals surface area (Å²) in [7, 11) is 3.45. The zero-order valence-corrected chi connectivity index (χ0v) is 16.7. The molecule has 26 heavy (non-hydrogen) atoms. The van der Waals surface area contributed by atoms with E-state index in [4.69, 9.17) is 4.74 Å². The van der Waals surface area contributed by atoms with Crippen molar-refractivity contribution in [3.63, 3.8) is 0 Å². The van der Waals surface area contributed by atoms with Crippen LogP contribution in [0.4, 0.5) is 0 Å². The number of amides is 1. The first-order valence-electron chi connectivity index (χ1n) is 8.34. The standard InChI is InChI=1S/C19H21N3O2S2/c1-4-14-9-15-18(20-12-21-19(15)26-14)25-11-17(23)22(2)10-13-7-5-6-8-16(13)24-3/h5-9,12H,4,10-11H2,1-3H3. The molecule has 0 radical (unpaired) electrons. The molecule has 0 unspecified atom stereocenters. The van der Waals surface area contributed by atoms with E-state index in [1.54, 1.807) is 29.7 Å². The number of hydrogen-bond acceptors (Lipinski definition) is 6. The maximum atomic E-state index is 12.5. The number of thiophene rings is 1. The summed E-state index contributed by atoms with van der Waals surface area (Å²) in [5, 5.41) is 1.91. The minimum absolute atomic E-state index is 0.0543. The molecule has 0 saturated heterocycles. The Bertz CT molecular complexity index is 911. The van der Waals surface area contributed by atoms with Crippen molar-refractivity contribution in [2.75, 3.05) is 19.9 Å². The van der Waals surface area contributed by atoms with E-state index in [0.717, 1.165) is 33.0 Å².